The third kappa shape index (κ3) is 3.47. The van der Waals surface area contributed by atoms with Crippen LogP contribution in [-0.4, -0.2) is 37.7 Å². The fourth-order valence-electron chi connectivity index (χ4n) is 1.69. The van der Waals surface area contributed by atoms with Gasteiger partial charge in [-0.25, -0.2) is 0 Å². The van der Waals surface area contributed by atoms with E-state index in [1.807, 2.05) is 6.92 Å². The molecule has 1 heterocycles. The second-order valence-corrected chi connectivity index (χ2v) is 4.92. The Morgan fingerprint density at radius 3 is 2.80 bits per heavy atom. The van der Waals surface area contributed by atoms with Crippen LogP contribution in [0.2, 0.25) is 0 Å². The highest BCUT2D eigenvalue weighted by Crippen LogP contribution is 2.31. The van der Waals surface area contributed by atoms with Crippen LogP contribution in [0.3, 0.4) is 0 Å². The minimum absolute atomic E-state index is 0.0174. The van der Waals surface area contributed by atoms with Gasteiger partial charge in [0, 0.05) is 19.6 Å². The molecule has 1 aliphatic carbocycles. The van der Waals surface area contributed by atoms with E-state index in [9.17, 15) is 4.79 Å². The summed E-state index contributed by atoms with van der Waals surface area (Å²) in [5, 5.41) is 6.03. The van der Waals surface area contributed by atoms with Crippen molar-refractivity contribution in [1.29, 1.82) is 0 Å². The molecule has 2 fully saturated rings. The molecule has 2 rings (SSSR count). The highest BCUT2D eigenvalue weighted by Gasteiger charge is 2.32. The fourth-order valence-corrected chi connectivity index (χ4v) is 1.69. The van der Waals surface area contributed by atoms with Crippen LogP contribution in [0.4, 0.5) is 0 Å². The van der Waals surface area contributed by atoms with Crippen molar-refractivity contribution in [3.05, 3.63) is 0 Å². The average molecular weight is 212 g/mol. The van der Waals surface area contributed by atoms with Crippen molar-refractivity contribution in [3.63, 3.8) is 0 Å². The number of rotatable bonds is 6. The largest absolute Gasteiger partial charge is 0.363 e. The standard InChI is InChI=1S/C11H20N2O2/c1-11(7-12-8-11)15-6-10(14)13-5-4-9-2-3-9/h9,12H,2-8H2,1H3,(H,13,14). The Morgan fingerprint density at radius 2 is 2.27 bits per heavy atom. The normalized spacial score (nSPS) is 23.3. The summed E-state index contributed by atoms with van der Waals surface area (Å²) in [6.45, 7) is 4.73. The molecule has 0 atom stereocenters. The molecule has 0 aromatic carbocycles. The molecule has 4 heteroatoms. The number of ether oxygens (including phenoxy) is 1. The van der Waals surface area contributed by atoms with E-state index in [1.54, 1.807) is 0 Å². The van der Waals surface area contributed by atoms with Gasteiger partial charge < -0.3 is 15.4 Å². The van der Waals surface area contributed by atoms with Gasteiger partial charge in [-0.15, -0.1) is 0 Å². The molecule has 0 unspecified atom stereocenters. The van der Waals surface area contributed by atoms with Gasteiger partial charge in [-0.2, -0.15) is 0 Å². The van der Waals surface area contributed by atoms with Gasteiger partial charge in [0.05, 0.1) is 5.60 Å². The first-order valence-corrected chi connectivity index (χ1v) is 5.79. The number of nitrogens with one attached hydrogen (secondary N) is 2. The van der Waals surface area contributed by atoms with Gasteiger partial charge in [0.25, 0.3) is 0 Å². The summed E-state index contributed by atoms with van der Waals surface area (Å²) < 4.78 is 5.53. The van der Waals surface area contributed by atoms with E-state index in [0.29, 0.717) is 0 Å². The van der Waals surface area contributed by atoms with Gasteiger partial charge in [0.15, 0.2) is 0 Å². The van der Waals surface area contributed by atoms with Crippen LogP contribution in [0, 0.1) is 5.92 Å². The molecular weight excluding hydrogens is 192 g/mol. The smallest absolute Gasteiger partial charge is 0.246 e. The van der Waals surface area contributed by atoms with E-state index in [-0.39, 0.29) is 18.1 Å². The zero-order chi connectivity index (χ0) is 10.7. The van der Waals surface area contributed by atoms with Crippen LogP contribution in [-0.2, 0) is 9.53 Å². The maximum Gasteiger partial charge on any atom is 0.246 e. The van der Waals surface area contributed by atoms with E-state index < -0.39 is 0 Å². The third-order valence-electron chi connectivity index (χ3n) is 3.12. The molecule has 4 nitrogen and oxygen atoms in total. The molecule has 15 heavy (non-hydrogen) atoms. The minimum Gasteiger partial charge on any atom is -0.363 e. The van der Waals surface area contributed by atoms with Crippen molar-refractivity contribution in [2.45, 2.75) is 31.8 Å². The van der Waals surface area contributed by atoms with Crippen LogP contribution < -0.4 is 10.6 Å². The number of carbonyl (C=O) groups is 1. The Balaban J connectivity index is 1.51. The van der Waals surface area contributed by atoms with E-state index in [0.717, 1.165) is 32.0 Å². The van der Waals surface area contributed by atoms with Crippen LogP contribution in [0.25, 0.3) is 0 Å². The summed E-state index contributed by atoms with van der Waals surface area (Å²) in [6, 6.07) is 0. The maximum atomic E-state index is 11.4. The van der Waals surface area contributed by atoms with Crippen molar-refractivity contribution < 1.29 is 9.53 Å². The molecule has 1 aliphatic heterocycles. The van der Waals surface area contributed by atoms with E-state index in [4.69, 9.17) is 4.74 Å². The molecule has 0 aromatic rings. The van der Waals surface area contributed by atoms with Crippen LogP contribution in [0.1, 0.15) is 26.2 Å². The van der Waals surface area contributed by atoms with Gasteiger partial charge >= 0.3 is 0 Å². The lowest BCUT2D eigenvalue weighted by Crippen LogP contribution is -2.59. The number of hydrogen-bond donors (Lipinski definition) is 2. The van der Waals surface area contributed by atoms with Crippen LogP contribution in [0.5, 0.6) is 0 Å². The fraction of sp³-hybridized carbons (Fsp3) is 0.909. The van der Waals surface area contributed by atoms with Gasteiger partial charge in [0.2, 0.25) is 5.91 Å². The van der Waals surface area contributed by atoms with Gasteiger partial charge in [-0.05, 0) is 19.3 Å². The van der Waals surface area contributed by atoms with E-state index in [1.165, 1.54) is 12.8 Å². The second kappa shape index (κ2) is 4.49. The Morgan fingerprint density at radius 1 is 1.53 bits per heavy atom. The molecule has 2 N–H and O–H groups in total. The third-order valence-corrected chi connectivity index (χ3v) is 3.12. The predicted molar refractivity (Wildman–Crippen MR) is 57.6 cm³/mol. The lowest BCUT2D eigenvalue weighted by atomic mass is 10.0. The quantitative estimate of drug-likeness (QED) is 0.665. The zero-order valence-electron chi connectivity index (χ0n) is 9.34. The first-order chi connectivity index (χ1) is 7.18. The first kappa shape index (κ1) is 10.9. The predicted octanol–water partition coefficient (Wildman–Crippen LogP) is 0.281. The minimum atomic E-state index is -0.117. The summed E-state index contributed by atoms with van der Waals surface area (Å²) in [4.78, 5) is 11.4. The van der Waals surface area contributed by atoms with Gasteiger partial charge in [-0.3, -0.25) is 4.79 Å². The molecule has 1 saturated heterocycles. The molecule has 0 spiro atoms. The van der Waals surface area contributed by atoms with E-state index in [2.05, 4.69) is 10.6 Å². The summed E-state index contributed by atoms with van der Waals surface area (Å²) >= 11 is 0. The summed E-state index contributed by atoms with van der Waals surface area (Å²) in [7, 11) is 0. The monoisotopic (exact) mass is 212 g/mol. The van der Waals surface area contributed by atoms with Crippen LogP contribution >= 0.6 is 0 Å². The Bertz CT molecular complexity index is 235. The maximum absolute atomic E-state index is 11.4. The van der Waals surface area contributed by atoms with Gasteiger partial charge in [0.1, 0.15) is 6.61 Å². The second-order valence-electron chi connectivity index (χ2n) is 4.92. The van der Waals surface area contributed by atoms with Gasteiger partial charge in [-0.1, -0.05) is 12.8 Å². The Kier molecular flexibility index (Phi) is 3.26. The molecule has 0 bridgehead atoms. The number of amides is 1. The average Bonchev–Trinajstić information content (AvgIpc) is 2.95. The molecule has 2 aliphatic rings. The molecule has 1 saturated carbocycles. The zero-order valence-corrected chi connectivity index (χ0v) is 9.34. The number of hydrogen-bond acceptors (Lipinski definition) is 3. The summed E-state index contributed by atoms with van der Waals surface area (Å²) in [5.41, 5.74) is -0.117. The highest BCUT2D eigenvalue weighted by molar-refractivity contribution is 5.77. The van der Waals surface area contributed by atoms with Crippen molar-refractivity contribution in [2.24, 2.45) is 5.92 Å². The highest BCUT2D eigenvalue weighted by atomic mass is 16.5. The summed E-state index contributed by atoms with van der Waals surface area (Å²) in [5.74, 6) is 0.892. The SMILES string of the molecule is CC1(OCC(=O)NCCC2CC2)CNC1. The Hall–Kier alpha value is -0.610. The first-order valence-electron chi connectivity index (χ1n) is 5.79. The lowest BCUT2D eigenvalue weighted by molar-refractivity contribution is -0.135. The topological polar surface area (TPSA) is 50.4 Å². The van der Waals surface area contributed by atoms with E-state index >= 15 is 0 Å². The molecule has 0 radical (unpaired) electrons. The lowest BCUT2D eigenvalue weighted by Gasteiger charge is -2.38. The van der Waals surface area contributed by atoms with Crippen molar-refractivity contribution >= 4 is 5.91 Å². The molecular formula is C11H20N2O2. The van der Waals surface area contributed by atoms with Crippen molar-refractivity contribution in [2.75, 3.05) is 26.2 Å². The molecule has 1 amide bonds. The number of carbonyl (C=O) groups excluding carboxylic acids is 1. The van der Waals surface area contributed by atoms with Crippen LogP contribution in [0.15, 0.2) is 0 Å². The summed E-state index contributed by atoms with van der Waals surface area (Å²) in [6.07, 6.45) is 3.82. The molecule has 0 aromatic heterocycles. The van der Waals surface area contributed by atoms with Crippen molar-refractivity contribution in [3.8, 4) is 0 Å². The Labute approximate surface area is 90.8 Å². The molecule has 86 valence electrons. The van der Waals surface area contributed by atoms with Crippen molar-refractivity contribution in [1.82, 2.24) is 10.6 Å².